The Bertz CT molecular complexity index is 6.00. The molecule has 0 aliphatic carbocycles. The molecule has 0 saturated heterocycles. The second-order valence-electron chi connectivity index (χ2n) is 0.408. The van der Waals surface area contributed by atoms with Crippen LogP contribution in [-0.4, -0.2) is 6.54 Å². The van der Waals surface area contributed by atoms with Gasteiger partial charge < -0.3 is 5.73 Å². The van der Waals surface area contributed by atoms with Gasteiger partial charge in [-0.15, -0.1) is 0 Å². The van der Waals surface area contributed by atoms with Crippen molar-refractivity contribution in [2.75, 3.05) is 6.54 Å². The largest absolute Gasteiger partial charge is 0.331 e. The summed E-state index contributed by atoms with van der Waals surface area (Å²) in [6.07, 6.45) is 0. The Labute approximate surface area is 40.8 Å². The molecule has 4 heavy (non-hydrogen) atoms. The van der Waals surface area contributed by atoms with Crippen LogP contribution >= 0.6 is 0 Å². The molecule has 0 aliphatic heterocycles. The molecule has 0 saturated carbocycles. The van der Waals surface area contributed by atoms with Gasteiger partial charge in [-0.2, -0.15) is 0 Å². The predicted octanol–water partition coefficient (Wildman–Crippen LogP) is -0.0375. The minimum atomic E-state index is 0. The Morgan fingerprint density at radius 3 is 1.75 bits per heavy atom. The second-order valence-corrected chi connectivity index (χ2v) is 0.408. The van der Waals surface area contributed by atoms with E-state index >= 15 is 0 Å². The first kappa shape index (κ1) is 8.82. The zero-order chi connectivity index (χ0) is 2.71. The number of nitrogens with two attached hydrogens (primary N) is 1. The van der Waals surface area contributed by atoms with Gasteiger partial charge in [-0.25, -0.2) is 0 Å². The van der Waals surface area contributed by atoms with Gasteiger partial charge in [0.05, 0.1) is 0 Å². The predicted molar refractivity (Wildman–Crippen MR) is 14.7 cm³/mol. The normalized spacial score (nSPS) is 4.50. The average Bonchev–Trinajstić information content (AvgIpc) is 0.918. The molecule has 0 heterocycles. The molecule has 0 spiro atoms. The molecule has 0 aromatic carbocycles. The van der Waals surface area contributed by atoms with Crippen LogP contribution < -0.4 is 5.73 Å². The molecule has 0 aromatic heterocycles. The fourth-order valence-corrected chi connectivity index (χ4v) is 0. The van der Waals surface area contributed by atoms with Crippen LogP contribution in [0.5, 0.6) is 0 Å². The molecule has 0 radical (unpaired) electrons. The van der Waals surface area contributed by atoms with Gasteiger partial charge in [-0.1, -0.05) is 6.92 Å². The Morgan fingerprint density at radius 2 is 1.75 bits per heavy atom. The third kappa shape index (κ3) is 17.1. The molecule has 26 valence electrons. The van der Waals surface area contributed by atoms with E-state index in [2.05, 4.69) is 0 Å². The molecule has 0 unspecified atom stereocenters. The van der Waals surface area contributed by atoms with Crippen LogP contribution in [0.4, 0.5) is 0 Å². The molecule has 0 fully saturated rings. The SMILES string of the molecule is CCN.[W]. The summed E-state index contributed by atoms with van der Waals surface area (Å²) >= 11 is 0. The van der Waals surface area contributed by atoms with Gasteiger partial charge in [-0.05, 0) is 6.54 Å². The standard InChI is InChI=1S/C2H7N.W/c1-2-3;/h2-3H2,1H3;. The van der Waals surface area contributed by atoms with Gasteiger partial charge in [-0.3, -0.25) is 0 Å². The summed E-state index contributed by atoms with van der Waals surface area (Å²) in [5.41, 5.74) is 4.85. The van der Waals surface area contributed by atoms with Crippen LogP contribution in [0.1, 0.15) is 6.92 Å². The van der Waals surface area contributed by atoms with Crippen molar-refractivity contribution in [3.63, 3.8) is 0 Å². The molecule has 0 atom stereocenters. The van der Waals surface area contributed by atoms with Crippen molar-refractivity contribution >= 4 is 0 Å². The molecule has 2 heteroatoms. The van der Waals surface area contributed by atoms with E-state index in [0.717, 1.165) is 6.54 Å². The minimum absolute atomic E-state index is 0. The van der Waals surface area contributed by atoms with E-state index in [1.54, 1.807) is 0 Å². The maximum Gasteiger partial charge on any atom is 0 e. The molecule has 0 aliphatic rings. The Kier molecular flexibility index (Phi) is 20.8. The van der Waals surface area contributed by atoms with E-state index < -0.39 is 0 Å². The van der Waals surface area contributed by atoms with Crippen LogP contribution in [0.3, 0.4) is 0 Å². The third-order valence-corrected chi connectivity index (χ3v) is 0. The fraction of sp³-hybridized carbons (Fsp3) is 1.00. The fourth-order valence-electron chi connectivity index (χ4n) is 0. The molecule has 2 N–H and O–H groups in total. The molecule has 1 nitrogen and oxygen atoms in total. The van der Waals surface area contributed by atoms with Crippen molar-refractivity contribution in [2.45, 2.75) is 6.92 Å². The van der Waals surface area contributed by atoms with Crippen molar-refractivity contribution in [3.05, 3.63) is 0 Å². The van der Waals surface area contributed by atoms with Gasteiger partial charge >= 0.3 is 0 Å². The van der Waals surface area contributed by atoms with Crippen molar-refractivity contribution in [1.82, 2.24) is 0 Å². The molecular formula is C2H7NW. The van der Waals surface area contributed by atoms with Crippen LogP contribution in [0.2, 0.25) is 0 Å². The monoisotopic (exact) mass is 229 g/mol. The van der Waals surface area contributed by atoms with E-state index in [0.29, 0.717) is 0 Å². The van der Waals surface area contributed by atoms with E-state index in [9.17, 15) is 0 Å². The van der Waals surface area contributed by atoms with Crippen LogP contribution in [0, 0.1) is 0 Å². The first-order chi connectivity index (χ1) is 1.41. The Balaban J connectivity index is 0. The summed E-state index contributed by atoms with van der Waals surface area (Å²) < 4.78 is 0. The summed E-state index contributed by atoms with van der Waals surface area (Å²) in [5.74, 6) is 0. The summed E-state index contributed by atoms with van der Waals surface area (Å²) in [5, 5.41) is 0. The molecule has 0 amide bonds. The third-order valence-electron chi connectivity index (χ3n) is 0. The van der Waals surface area contributed by atoms with Gasteiger partial charge in [0.25, 0.3) is 0 Å². The van der Waals surface area contributed by atoms with Gasteiger partial charge in [0.1, 0.15) is 0 Å². The topological polar surface area (TPSA) is 26.0 Å². The molecule has 0 bridgehead atoms. The van der Waals surface area contributed by atoms with E-state index in [1.165, 1.54) is 0 Å². The van der Waals surface area contributed by atoms with Crippen LogP contribution in [-0.2, 0) is 21.1 Å². The van der Waals surface area contributed by atoms with Gasteiger partial charge in [0.2, 0.25) is 0 Å². The molecule has 0 aromatic rings. The van der Waals surface area contributed by atoms with Crippen LogP contribution in [0.15, 0.2) is 0 Å². The number of hydrogen-bond donors (Lipinski definition) is 1. The van der Waals surface area contributed by atoms with Gasteiger partial charge in [0.15, 0.2) is 0 Å². The summed E-state index contributed by atoms with van der Waals surface area (Å²) in [6, 6.07) is 0. The molecule has 0 rings (SSSR count). The first-order valence-corrected chi connectivity index (χ1v) is 1.12. The Hall–Kier alpha value is 0.648. The van der Waals surface area contributed by atoms with E-state index in [-0.39, 0.29) is 21.1 Å². The zero-order valence-electron chi connectivity index (χ0n) is 2.69. The van der Waals surface area contributed by atoms with Crippen molar-refractivity contribution in [2.24, 2.45) is 5.73 Å². The van der Waals surface area contributed by atoms with E-state index in [1.807, 2.05) is 6.92 Å². The summed E-state index contributed by atoms with van der Waals surface area (Å²) in [7, 11) is 0. The quantitative estimate of drug-likeness (QED) is 0.619. The van der Waals surface area contributed by atoms with Crippen molar-refractivity contribution in [1.29, 1.82) is 0 Å². The summed E-state index contributed by atoms with van der Waals surface area (Å²) in [6.45, 7) is 2.65. The van der Waals surface area contributed by atoms with Gasteiger partial charge in [0, 0.05) is 21.1 Å². The summed E-state index contributed by atoms with van der Waals surface area (Å²) in [4.78, 5) is 0. The number of rotatable bonds is 0. The van der Waals surface area contributed by atoms with Crippen molar-refractivity contribution in [3.8, 4) is 0 Å². The van der Waals surface area contributed by atoms with Crippen molar-refractivity contribution < 1.29 is 21.1 Å². The Morgan fingerprint density at radius 1 is 1.75 bits per heavy atom. The van der Waals surface area contributed by atoms with Crippen LogP contribution in [0.25, 0.3) is 0 Å². The maximum absolute atomic E-state index is 4.85. The number of hydrogen-bond acceptors (Lipinski definition) is 1. The molecular weight excluding hydrogens is 222 g/mol. The smallest absolute Gasteiger partial charge is 0 e. The first-order valence-electron chi connectivity index (χ1n) is 1.12. The maximum atomic E-state index is 4.85. The zero-order valence-corrected chi connectivity index (χ0v) is 5.63. The minimum Gasteiger partial charge on any atom is -0.331 e. The average molecular weight is 229 g/mol. The van der Waals surface area contributed by atoms with E-state index in [4.69, 9.17) is 5.73 Å². The second kappa shape index (κ2) is 9.42.